The van der Waals surface area contributed by atoms with Gasteiger partial charge in [-0.2, -0.15) is 5.10 Å². The quantitative estimate of drug-likeness (QED) is 0.754. The van der Waals surface area contributed by atoms with Gasteiger partial charge >= 0.3 is 0 Å². The van der Waals surface area contributed by atoms with Crippen molar-refractivity contribution < 1.29 is 4.79 Å². The number of carbonyl (C=O) groups is 1. The van der Waals surface area contributed by atoms with Crippen LogP contribution in [0.25, 0.3) is 0 Å². The monoisotopic (exact) mass is 278 g/mol. The Balaban J connectivity index is 2.12. The van der Waals surface area contributed by atoms with Crippen LogP contribution in [0.3, 0.4) is 0 Å². The van der Waals surface area contributed by atoms with E-state index in [1.165, 1.54) is 12.1 Å². The fourth-order valence-electron chi connectivity index (χ4n) is 2.95. The van der Waals surface area contributed by atoms with E-state index in [0.717, 1.165) is 12.8 Å². The van der Waals surface area contributed by atoms with Crippen molar-refractivity contribution >= 4 is 11.7 Å². The van der Waals surface area contributed by atoms with Gasteiger partial charge in [-0.3, -0.25) is 9.59 Å². The number of nitrogens with zero attached hydrogens (tertiary/aromatic N) is 1. The standard InChI is InChI=1S/C14H22N4O2/c1-8-10(15)5-4-9(14(8,2)3)13(20)16-11-6-7-12(19)18-17-11/h6-10H,4-5,15H2,1-3H3,(H,18,19)(H,16,17,20). The maximum atomic E-state index is 12.4. The van der Waals surface area contributed by atoms with Crippen molar-refractivity contribution in [2.45, 2.75) is 39.7 Å². The zero-order valence-electron chi connectivity index (χ0n) is 12.1. The summed E-state index contributed by atoms with van der Waals surface area (Å²) in [6.07, 6.45) is 1.62. The Morgan fingerprint density at radius 3 is 2.75 bits per heavy atom. The van der Waals surface area contributed by atoms with E-state index in [4.69, 9.17) is 5.73 Å². The van der Waals surface area contributed by atoms with E-state index < -0.39 is 0 Å². The topological polar surface area (TPSA) is 101 Å². The molecule has 2 rings (SSSR count). The number of H-pyrrole nitrogens is 1. The number of aromatic nitrogens is 2. The summed E-state index contributed by atoms with van der Waals surface area (Å²) < 4.78 is 0. The average molecular weight is 278 g/mol. The molecule has 1 fully saturated rings. The first-order valence-electron chi connectivity index (χ1n) is 6.94. The minimum atomic E-state index is -0.291. The van der Waals surface area contributed by atoms with Gasteiger partial charge in [-0.1, -0.05) is 20.8 Å². The molecule has 6 nitrogen and oxygen atoms in total. The third kappa shape index (κ3) is 2.75. The summed E-state index contributed by atoms with van der Waals surface area (Å²) in [5.74, 6) is 0.475. The molecule has 4 N–H and O–H groups in total. The molecule has 0 bridgehead atoms. The van der Waals surface area contributed by atoms with Gasteiger partial charge < -0.3 is 11.1 Å². The molecule has 20 heavy (non-hydrogen) atoms. The highest BCUT2D eigenvalue weighted by Gasteiger charge is 2.45. The van der Waals surface area contributed by atoms with Gasteiger partial charge in [0, 0.05) is 18.0 Å². The average Bonchev–Trinajstić information content (AvgIpc) is 2.38. The Bertz CT molecular complexity index is 532. The second-order valence-corrected chi connectivity index (χ2v) is 6.20. The lowest BCUT2D eigenvalue weighted by Gasteiger charge is -2.45. The molecule has 1 aliphatic carbocycles. The SMILES string of the molecule is CC1C(N)CCC(C(=O)Nc2ccc(=O)[nH]n2)C1(C)C. The zero-order chi connectivity index (χ0) is 14.9. The Hall–Kier alpha value is -1.69. The Morgan fingerprint density at radius 1 is 1.45 bits per heavy atom. The van der Waals surface area contributed by atoms with E-state index in [2.05, 4.69) is 36.3 Å². The molecule has 1 amide bonds. The largest absolute Gasteiger partial charge is 0.327 e. The number of hydrogen-bond donors (Lipinski definition) is 3. The summed E-state index contributed by atoms with van der Waals surface area (Å²) in [6, 6.07) is 2.98. The van der Waals surface area contributed by atoms with E-state index in [0.29, 0.717) is 5.82 Å². The van der Waals surface area contributed by atoms with Gasteiger partial charge in [0.2, 0.25) is 5.91 Å². The van der Waals surface area contributed by atoms with E-state index in [1.807, 2.05) is 0 Å². The zero-order valence-corrected chi connectivity index (χ0v) is 12.1. The molecule has 1 heterocycles. The normalized spacial score (nSPS) is 28.9. The molecule has 0 aliphatic heterocycles. The lowest BCUT2D eigenvalue weighted by atomic mass is 9.61. The number of nitrogens with two attached hydrogens (primary N) is 1. The smallest absolute Gasteiger partial charge is 0.264 e. The van der Waals surface area contributed by atoms with Crippen LogP contribution < -0.4 is 16.6 Å². The van der Waals surface area contributed by atoms with Crippen molar-refractivity contribution in [3.05, 3.63) is 22.5 Å². The third-order valence-corrected chi connectivity index (χ3v) is 4.75. The second kappa shape index (κ2) is 5.36. The van der Waals surface area contributed by atoms with Gasteiger partial charge in [0.15, 0.2) is 5.82 Å². The van der Waals surface area contributed by atoms with E-state index in [-0.39, 0.29) is 34.8 Å². The van der Waals surface area contributed by atoms with Gasteiger partial charge in [0.25, 0.3) is 5.56 Å². The summed E-state index contributed by atoms with van der Waals surface area (Å²) >= 11 is 0. The lowest BCUT2D eigenvalue weighted by Crippen LogP contribution is -2.50. The molecule has 3 unspecified atom stereocenters. The molecule has 0 spiro atoms. The number of nitrogens with one attached hydrogen (secondary N) is 2. The van der Waals surface area contributed by atoms with Crippen LogP contribution in [0, 0.1) is 17.3 Å². The summed E-state index contributed by atoms with van der Waals surface area (Å²) in [5, 5.41) is 8.87. The van der Waals surface area contributed by atoms with Crippen LogP contribution in [0.15, 0.2) is 16.9 Å². The first kappa shape index (κ1) is 14.7. The minimum Gasteiger partial charge on any atom is -0.327 e. The number of aromatic amines is 1. The van der Waals surface area contributed by atoms with E-state index in [9.17, 15) is 9.59 Å². The maximum absolute atomic E-state index is 12.4. The van der Waals surface area contributed by atoms with Crippen LogP contribution in [-0.4, -0.2) is 22.1 Å². The number of anilines is 1. The van der Waals surface area contributed by atoms with E-state index in [1.54, 1.807) is 0 Å². The summed E-state index contributed by atoms with van der Waals surface area (Å²) in [7, 11) is 0. The molecule has 3 atom stereocenters. The van der Waals surface area contributed by atoms with Gasteiger partial charge in [0.1, 0.15) is 0 Å². The third-order valence-electron chi connectivity index (χ3n) is 4.75. The number of rotatable bonds is 2. The van der Waals surface area contributed by atoms with Crippen molar-refractivity contribution in [3.8, 4) is 0 Å². The van der Waals surface area contributed by atoms with Crippen LogP contribution in [0.1, 0.15) is 33.6 Å². The molecule has 1 saturated carbocycles. The molecule has 110 valence electrons. The second-order valence-electron chi connectivity index (χ2n) is 6.20. The number of hydrogen-bond acceptors (Lipinski definition) is 4. The molecule has 1 aromatic rings. The van der Waals surface area contributed by atoms with Crippen molar-refractivity contribution in [1.29, 1.82) is 0 Å². The predicted molar refractivity (Wildman–Crippen MR) is 77.1 cm³/mol. The van der Waals surface area contributed by atoms with Gasteiger partial charge in [-0.15, -0.1) is 0 Å². The lowest BCUT2D eigenvalue weighted by molar-refractivity contribution is -0.127. The van der Waals surface area contributed by atoms with Gasteiger partial charge in [-0.25, -0.2) is 5.10 Å². The highest BCUT2D eigenvalue weighted by Crippen LogP contribution is 2.44. The first-order valence-corrected chi connectivity index (χ1v) is 6.94. The van der Waals surface area contributed by atoms with Crippen LogP contribution >= 0.6 is 0 Å². The minimum absolute atomic E-state index is 0.0618. The molecule has 0 radical (unpaired) electrons. The van der Waals surface area contributed by atoms with Crippen molar-refractivity contribution in [2.75, 3.05) is 5.32 Å². The number of amides is 1. The molecular formula is C14H22N4O2. The van der Waals surface area contributed by atoms with Gasteiger partial charge in [-0.05, 0) is 30.2 Å². The summed E-state index contributed by atoms with van der Waals surface area (Å²) in [4.78, 5) is 23.4. The molecule has 1 aliphatic rings. The predicted octanol–water partition coefficient (Wildman–Crippen LogP) is 1.11. The van der Waals surface area contributed by atoms with Crippen molar-refractivity contribution in [3.63, 3.8) is 0 Å². The molecule has 0 saturated heterocycles. The fraction of sp³-hybridized carbons (Fsp3) is 0.643. The molecular weight excluding hydrogens is 256 g/mol. The summed E-state index contributed by atoms with van der Waals surface area (Å²) in [6.45, 7) is 6.27. The van der Waals surface area contributed by atoms with Crippen LogP contribution in [-0.2, 0) is 4.79 Å². The van der Waals surface area contributed by atoms with Gasteiger partial charge in [0.05, 0.1) is 0 Å². The van der Waals surface area contributed by atoms with Crippen LogP contribution in [0.5, 0.6) is 0 Å². The maximum Gasteiger partial charge on any atom is 0.264 e. The Morgan fingerprint density at radius 2 is 2.15 bits per heavy atom. The van der Waals surface area contributed by atoms with Crippen LogP contribution in [0.2, 0.25) is 0 Å². The fourth-order valence-corrected chi connectivity index (χ4v) is 2.95. The summed E-state index contributed by atoms with van der Waals surface area (Å²) in [5.41, 5.74) is 5.65. The Kier molecular flexibility index (Phi) is 3.94. The first-order chi connectivity index (χ1) is 9.32. The Labute approximate surface area is 118 Å². The molecule has 0 aromatic carbocycles. The highest BCUT2D eigenvalue weighted by molar-refractivity contribution is 5.92. The van der Waals surface area contributed by atoms with E-state index >= 15 is 0 Å². The van der Waals surface area contributed by atoms with Crippen LogP contribution in [0.4, 0.5) is 5.82 Å². The molecule has 6 heteroatoms. The molecule has 1 aromatic heterocycles. The highest BCUT2D eigenvalue weighted by atomic mass is 16.2. The van der Waals surface area contributed by atoms with Crippen molar-refractivity contribution in [2.24, 2.45) is 23.0 Å². The number of carbonyl (C=O) groups excluding carboxylic acids is 1. The van der Waals surface area contributed by atoms with Crippen molar-refractivity contribution in [1.82, 2.24) is 10.2 Å².